The van der Waals surface area contributed by atoms with Crippen LogP contribution in [-0.2, 0) is 4.74 Å². The highest BCUT2D eigenvalue weighted by molar-refractivity contribution is 6.21. The van der Waals surface area contributed by atoms with Gasteiger partial charge in [-0.2, -0.15) is 0 Å². The second-order valence-electron chi connectivity index (χ2n) is 4.57. The van der Waals surface area contributed by atoms with Crippen molar-refractivity contribution in [1.29, 1.82) is 0 Å². The number of benzene rings is 2. The quantitative estimate of drug-likeness (QED) is 0.852. The lowest BCUT2D eigenvalue weighted by Crippen LogP contribution is -2.09. The van der Waals surface area contributed by atoms with Gasteiger partial charge in [-0.25, -0.2) is 0 Å². The Morgan fingerprint density at radius 1 is 1.05 bits per heavy atom. The molecule has 3 heteroatoms. The van der Waals surface area contributed by atoms with Crippen molar-refractivity contribution in [3.05, 3.63) is 53.6 Å². The molecule has 0 unspecified atom stereocenters. The van der Waals surface area contributed by atoms with Crippen LogP contribution in [0.4, 0.5) is 0 Å². The lowest BCUT2D eigenvalue weighted by Gasteiger charge is -2.18. The Bertz CT molecular complexity index is 668. The number of ketones is 1. The molecular weight excluding hydrogens is 238 g/mol. The largest absolute Gasteiger partial charge is 0.493 e. The van der Waals surface area contributed by atoms with E-state index < -0.39 is 0 Å². The first-order valence-corrected chi connectivity index (χ1v) is 6.42. The molecule has 1 aliphatic rings. The van der Waals surface area contributed by atoms with Crippen molar-refractivity contribution < 1.29 is 9.53 Å². The number of hydrogen-bond acceptors (Lipinski definition) is 3. The van der Waals surface area contributed by atoms with Crippen molar-refractivity contribution in [2.75, 3.05) is 13.2 Å². The number of hydrogen-bond donors (Lipinski definition) is 1. The SMILES string of the molecule is NCCCOC1=CC(=O)c2cccc3cccc1c23. The van der Waals surface area contributed by atoms with Gasteiger partial charge >= 0.3 is 0 Å². The van der Waals surface area contributed by atoms with E-state index >= 15 is 0 Å². The molecular formula is C16H15NO2. The molecule has 0 bridgehead atoms. The molecule has 3 nitrogen and oxygen atoms in total. The standard InChI is InChI=1S/C16H15NO2/c17-8-3-9-19-15-10-14(18)12-6-1-4-11-5-2-7-13(15)16(11)12/h1-2,4-7,10H,3,8-9,17H2. The molecule has 0 spiro atoms. The summed E-state index contributed by atoms with van der Waals surface area (Å²) in [6.45, 7) is 1.12. The molecule has 0 radical (unpaired) electrons. The van der Waals surface area contributed by atoms with Crippen LogP contribution in [0.5, 0.6) is 0 Å². The van der Waals surface area contributed by atoms with E-state index in [9.17, 15) is 4.79 Å². The maximum absolute atomic E-state index is 12.1. The van der Waals surface area contributed by atoms with Gasteiger partial charge in [-0.05, 0) is 18.4 Å². The van der Waals surface area contributed by atoms with Crippen molar-refractivity contribution in [3.8, 4) is 0 Å². The van der Waals surface area contributed by atoms with E-state index in [4.69, 9.17) is 10.5 Å². The zero-order valence-electron chi connectivity index (χ0n) is 10.6. The van der Waals surface area contributed by atoms with Crippen LogP contribution >= 0.6 is 0 Å². The van der Waals surface area contributed by atoms with E-state index in [-0.39, 0.29) is 5.78 Å². The normalized spacial score (nSPS) is 13.5. The molecule has 0 saturated carbocycles. The van der Waals surface area contributed by atoms with Crippen LogP contribution in [0.15, 0.2) is 42.5 Å². The molecule has 19 heavy (non-hydrogen) atoms. The zero-order valence-corrected chi connectivity index (χ0v) is 10.6. The molecule has 3 rings (SSSR count). The van der Waals surface area contributed by atoms with Gasteiger partial charge in [-0.3, -0.25) is 4.79 Å². The fourth-order valence-electron chi connectivity index (χ4n) is 2.41. The molecule has 0 atom stereocenters. The molecule has 96 valence electrons. The van der Waals surface area contributed by atoms with Gasteiger partial charge in [0.1, 0.15) is 5.76 Å². The minimum Gasteiger partial charge on any atom is -0.493 e. The minimum atomic E-state index is 0.00653. The Morgan fingerprint density at radius 3 is 2.53 bits per heavy atom. The Kier molecular flexibility index (Phi) is 3.05. The van der Waals surface area contributed by atoms with E-state index in [1.165, 1.54) is 0 Å². The summed E-state index contributed by atoms with van der Waals surface area (Å²) in [5.41, 5.74) is 7.20. The lowest BCUT2D eigenvalue weighted by atomic mass is 9.91. The third-order valence-corrected chi connectivity index (χ3v) is 3.30. The monoisotopic (exact) mass is 253 g/mol. The molecule has 1 aliphatic carbocycles. The first-order chi connectivity index (χ1) is 9.31. The summed E-state index contributed by atoms with van der Waals surface area (Å²) in [6, 6.07) is 11.8. The van der Waals surface area contributed by atoms with E-state index in [0.717, 1.165) is 28.3 Å². The minimum absolute atomic E-state index is 0.00653. The fourth-order valence-corrected chi connectivity index (χ4v) is 2.41. The zero-order chi connectivity index (χ0) is 13.2. The number of allylic oxidation sites excluding steroid dienone is 1. The van der Waals surface area contributed by atoms with E-state index in [1.807, 2.05) is 36.4 Å². The fraction of sp³-hybridized carbons (Fsp3) is 0.188. The van der Waals surface area contributed by atoms with Crippen LogP contribution in [0, 0.1) is 0 Å². The van der Waals surface area contributed by atoms with E-state index in [2.05, 4.69) is 0 Å². The second-order valence-corrected chi connectivity index (χ2v) is 4.57. The second kappa shape index (κ2) is 4.86. The van der Waals surface area contributed by atoms with E-state index in [1.54, 1.807) is 6.08 Å². The van der Waals surface area contributed by atoms with Gasteiger partial charge in [0, 0.05) is 22.6 Å². The number of nitrogens with two attached hydrogens (primary N) is 1. The predicted octanol–water partition coefficient (Wildman–Crippen LogP) is 2.74. The highest BCUT2D eigenvalue weighted by atomic mass is 16.5. The van der Waals surface area contributed by atoms with Crippen LogP contribution in [0.3, 0.4) is 0 Å². The van der Waals surface area contributed by atoms with Gasteiger partial charge in [0.25, 0.3) is 0 Å². The molecule has 2 aromatic carbocycles. The summed E-state index contributed by atoms with van der Waals surface area (Å²) in [4.78, 5) is 12.1. The summed E-state index contributed by atoms with van der Waals surface area (Å²) < 4.78 is 5.70. The summed E-state index contributed by atoms with van der Waals surface area (Å²) >= 11 is 0. The highest BCUT2D eigenvalue weighted by Gasteiger charge is 2.20. The van der Waals surface area contributed by atoms with Crippen molar-refractivity contribution >= 4 is 22.3 Å². The van der Waals surface area contributed by atoms with Crippen molar-refractivity contribution in [1.82, 2.24) is 0 Å². The van der Waals surface area contributed by atoms with Crippen molar-refractivity contribution in [2.24, 2.45) is 5.73 Å². The first kappa shape index (κ1) is 11.9. The summed E-state index contributed by atoms with van der Waals surface area (Å²) in [5.74, 6) is 0.662. The smallest absolute Gasteiger partial charge is 0.190 e. The van der Waals surface area contributed by atoms with Crippen LogP contribution in [0.2, 0.25) is 0 Å². The van der Waals surface area contributed by atoms with Gasteiger partial charge < -0.3 is 10.5 Å². The first-order valence-electron chi connectivity index (χ1n) is 6.42. The summed E-state index contributed by atoms with van der Waals surface area (Å²) in [6.07, 6.45) is 2.36. The van der Waals surface area contributed by atoms with Crippen molar-refractivity contribution in [2.45, 2.75) is 6.42 Å². The van der Waals surface area contributed by atoms with Crippen LogP contribution in [-0.4, -0.2) is 18.9 Å². The van der Waals surface area contributed by atoms with Gasteiger partial charge in [0.2, 0.25) is 0 Å². The third-order valence-electron chi connectivity index (χ3n) is 3.30. The van der Waals surface area contributed by atoms with Crippen LogP contribution < -0.4 is 5.73 Å². The number of carbonyl (C=O) groups excluding carboxylic acids is 1. The van der Waals surface area contributed by atoms with E-state index in [0.29, 0.717) is 18.9 Å². The summed E-state index contributed by atoms with van der Waals surface area (Å²) in [5, 5.41) is 2.05. The molecule has 2 N–H and O–H groups in total. The van der Waals surface area contributed by atoms with Gasteiger partial charge in [0.15, 0.2) is 5.78 Å². The summed E-state index contributed by atoms with van der Waals surface area (Å²) in [7, 11) is 0. The number of ether oxygens (including phenoxy) is 1. The molecule has 0 amide bonds. The van der Waals surface area contributed by atoms with Gasteiger partial charge in [-0.15, -0.1) is 0 Å². The molecule has 0 heterocycles. The maximum atomic E-state index is 12.1. The Hall–Kier alpha value is -2.13. The molecule has 0 aliphatic heterocycles. The number of carbonyl (C=O) groups is 1. The Balaban J connectivity index is 2.09. The number of rotatable bonds is 4. The highest BCUT2D eigenvalue weighted by Crippen LogP contribution is 2.33. The molecule has 0 aromatic heterocycles. The average Bonchev–Trinajstić information content (AvgIpc) is 2.44. The molecule has 2 aromatic rings. The van der Waals surface area contributed by atoms with Gasteiger partial charge in [-0.1, -0.05) is 36.4 Å². The maximum Gasteiger partial charge on any atom is 0.190 e. The molecule has 0 fully saturated rings. The Morgan fingerprint density at radius 2 is 1.79 bits per heavy atom. The molecule has 0 saturated heterocycles. The topological polar surface area (TPSA) is 52.3 Å². The van der Waals surface area contributed by atoms with Crippen molar-refractivity contribution in [3.63, 3.8) is 0 Å². The third kappa shape index (κ3) is 2.02. The van der Waals surface area contributed by atoms with Gasteiger partial charge in [0.05, 0.1) is 6.61 Å². The average molecular weight is 253 g/mol. The predicted molar refractivity (Wildman–Crippen MR) is 75.9 cm³/mol. The lowest BCUT2D eigenvalue weighted by molar-refractivity contribution is 0.104. The van der Waals surface area contributed by atoms with Crippen LogP contribution in [0.1, 0.15) is 22.3 Å². The Labute approximate surface area is 111 Å². The van der Waals surface area contributed by atoms with Crippen LogP contribution in [0.25, 0.3) is 16.5 Å².